The number of piperazine rings is 1. The van der Waals surface area contributed by atoms with Crippen molar-refractivity contribution in [1.82, 2.24) is 16.0 Å². The summed E-state index contributed by atoms with van der Waals surface area (Å²) >= 11 is 0. The number of hydrogen-bond acceptors (Lipinski definition) is 7. The zero-order chi connectivity index (χ0) is 17.0. The van der Waals surface area contributed by atoms with Gasteiger partial charge in [0.05, 0.1) is 6.10 Å². The molecule has 0 aromatic carbocycles. The Morgan fingerprint density at radius 3 is 1.73 bits per heavy atom. The molecule has 3 atom stereocenters. The van der Waals surface area contributed by atoms with Gasteiger partial charge in [0, 0.05) is 26.2 Å². The molecule has 0 bridgehead atoms. The first-order chi connectivity index (χ1) is 10.4. The van der Waals surface area contributed by atoms with Gasteiger partial charge in [0.15, 0.2) is 0 Å². The molecule has 0 spiro atoms. The van der Waals surface area contributed by atoms with Gasteiger partial charge in [-0.1, -0.05) is 0 Å². The first-order valence-corrected chi connectivity index (χ1v) is 7.40. The van der Waals surface area contributed by atoms with Crippen LogP contribution < -0.4 is 21.7 Å². The Bertz CT molecular complexity index is 294. The van der Waals surface area contributed by atoms with Crippen molar-refractivity contribution in [3.8, 4) is 0 Å². The molecule has 8 N–H and O–H groups in total. The molecule has 2 rings (SSSR count). The Morgan fingerprint density at radius 2 is 1.59 bits per heavy atom. The third-order valence-corrected chi connectivity index (χ3v) is 3.12. The van der Waals surface area contributed by atoms with Gasteiger partial charge in [-0.25, -0.2) is 0 Å². The molecule has 9 nitrogen and oxygen atoms in total. The second-order valence-electron chi connectivity index (χ2n) is 5.09. The minimum atomic E-state index is -1.18. The van der Waals surface area contributed by atoms with Gasteiger partial charge in [-0.2, -0.15) is 0 Å². The van der Waals surface area contributed by atoms with Crippen LogP contribution in [0.1, 0.15) is 19.8 Å². The monoisotopic (exact) mass is 320 g/mol. The summed E-state index contributed by atoms with van der Waals surface area (Å²) in [5.74, 6) is -1.90. The molecule has 2 fully saturated rings. The largest absolute Gasteiger partial charge is 0.480 e. The van der Waals surface area contributed by atoms with E-state index in [-0.39, 0.29) is 6.04 Å². The molecular weight excluding hydrogens is 292 g/mol. The maximum atomic E-state index is 10.1. The Morgan fingerprint density at radius 1 is 1.09 bits per heavy atom. The number of aliphatic hydroxyl groups is 1. The van der Waals surface area contributed by atoms with E-state index in [0.717, 1.165) is 45.6 Å². The Kier molecular flexibility index (Phi) is 11.6. The predicted octanol–water partition coefficient (Wildman–Crippen LogP) is -2.22. The maximum Gasteiger partial charge on any atom is 0.323 e. The zero-order valence-corrected chi connectivity index (χ0v) is 12.9. The fourth-order valence-corrected chi connectivity index (χ4v) is 1.71. The molecule has 2 saturated heterocycles. The summed E-state index contributed by atoms with van der Waals surface area (Å²) < 4.78 is 0. The van der Waals surface area contributed by atoms with Crippen LogP contribution in [0, 0.1) is 0 Å². The van der Waals surface area contributed by atoms with E-state index in [1.165, 1.54) is 6.92 Å². The molecule has 0 amide bonds. The predicted molar refractivity (Wildman–Crippen MR) is 81.7 cm³/mol. The lowest BCUT2D eigenvalue weighted by molar-refractivity contribution is -0.141. The molecule has 0 aromatic heterocycles. The highest BCUT2D eigenvalue weighted by atomic mass is 16.4. The Labute approximate surface area is 130 Å². The van der Waals surface area contributed by atoms with Crippen molar-refractivity contribution in [3.05, 3.63) is 0 Å². The Hall–Kier alpha value is -1.26. The van der Waals surface area contributed by atoms with Gasteiger partial charge in [0.2, 0.25) is 0 Å². The first-order valence-electron chi connectivity index (χ1n) is 7.40. The number of carbonyl (C=O) groups is 2. The lowest BCUT2D eigenvalue weighted by Gasteiger charge is -2.11. The standard InChI is InChI=1S/C5H9NO2.C4H10N2.C4H9NO3/c7-5(8)4-2-1-3-6-4;1-2-6-4-3-5-1;1-2(6)3(5)4(7)8/h4,6H,1-3H2,(H,7,8);5-6H,1-4H2;2-3,6H,5H2,1H3,(H,7,8)/t4-;;/m0../s1. The first kappa shape index (κ1) is 20.7. The van der Waals surface area contributed by atoms with Crippen LogP contribution in [0.4, 0.5) is 0 Å². The van der Waals surface area contributed by atoms with E-state index in [0.29, 0.717) is 0 Å². The van der Waals surface area contributed by atoms with Crippen LogP contribution in [-0.2, 0) is 9.59 Å². The van der Waals surface area contributed by atoms with Crippen LogP contribution >= 0.6 is 0 Å². The summed E-state index contributed by atoms with van der Waals surface area (Å²) in [6.07, 6.45) is 0.805. The quantitative estimate of drug-likeness (QED) is 0.306. The molecule has 2 unspecified atom stereocenters. The minimum Gasteiger partial charge on any atom is -0.480 e. The number of hydrogen-bond donors (Lipinski definition) is 7. The molecule has 130 valence electrons. The molecular formula is C13H28N4O5. The number of nitrogens with two attached hydrogens (primary N) is 1. The molecule has 2 aliphatic rings. The third-order valence-electron chi connectivity index (χ3n) is 3.12. The maximum absolute atomic E-state index is 10.1. The Balaban J connectivity index is 0.000000304. The van der Waals surface area contributed by atoms with Gasteiger partial charge in [-0.3, -0.25) is 9.59 Å². The zero-order valence-electron chi connectivity index (χ0n) is 12.9. The van der Waals surface area contributed by atoms with Gasteiger partial charge in [0.25, 0.3) is 0 Å². The number of nitrogens with one attached hydrogen (secondary N) is 3. The second kappa shape index (κ2) is 12.3. The van der Waals surface area contributed by atoms with E-state index >= 15 is 0 Å². The molecule has 0 radical (unpaired) electrons. The molecule has 22 heavy (non-hydrogen) atoms. The second-order valence-corrected chi connectivity index (χ2v) is 5.09. The van der Waals surface area contributed by atoms with Gasteiger partial charge >= 0.3 is 11.9 Å². The summed E-state index contributed by atoms with van der Waals surface area (Å²) in [4.78, 5) is 20.0. The topological polar surface area (TPSA) is 157 Å². The average molecular weight is 320 g/mol. The number of aliphatic hydroxyl groups excluding tert-OH is 1. The van der Waals surface area contributed by atoms with E-state index < -0.39 is 24.1 Å². The molecule has 9 heteroatoms. The summed E-state index contributed by atoms with van der Waals surface area (Å²) in [6.45, 7) is 6.75. The molecule has 2 aliphatic heterocycles. The van der Waals surface area contributed by atoms with Crippen molar-refractivity contribution in [2.45, 2.75) is 38.0 Å². The highest BCUT2D eigenvalue weighted by Gasteiger charge is 2.20. The van der Waals surface area contributed by atoms with Crippen molar-refractivity contribution < 1.29 is 24.9 Å². The SMILES string of the molecule is C1CNCCN1.CC(O)C(N)C(=O)O.O=C(O)[C@@H]1CCCN1. The lowest BCUT2D eigenvalue weighted by Crippen LogP contribution is -2.39. The molecule has 0 aliphatic carbocycles. The van der Waals surface area contributed by atoms with Gasteiger partial charge in [-0.15, -0.1) is 0 Å². The number of rotatable bonds is 3. The summed E-state index contributed by atoms with van der Waals surface area (Å²) in [6, 6.07) is -1.43. The van der Waals surface area contributed by atoms with E-state index in [1.807, 2.05) is 0 Å². The fraction of sp³-hybridized carbons (Fsp3) is 0.846. The van der Waals surface area contributed by atoms with Crippen molar-refractivity contribution in [2.24, 2.45) is 5.73 Å². The van der Waals surface area contributed by atoms with Crippen molar-refractivity contribution in [2.75, 3.05) is 32.7 Å². The van der Waals surface area contributed by atoms with Gasteiger partial charge < -0.3 is 37.0 Å². The van der Waals surface area contributed by atoms with Gasteiger partial charge in [0.1, 0.15) is 12.1 Å². The number of carboxylic acid groups (broad SMARTS) is 2. The van der Waals surface area contributed by atoms with E-state index in [2.05, 4.69) is 16.0 Å². The van der Waals surface area contributed by atoms with Crippen molar-refractivity contribution >= 4 is 11.9 Å². The fourth-order valence-electron chi connectivity index (χ4n) is 1.71. The summed E-state index contributed by atoms with van der Waals surface area (Å²) in [7, 11) is 0. The molecule has 0 aromatic rings. The highest BCUT2D eigenvalue weighted by Crippen LogP contribution is 2.03. The highest BCUT2D eigenvalue weighted by molar-refractivity contribution is 5.74. The van der Waals surface area contributed by atoms with Crippen LogP contribution in [0.15, 0.2) is 0 Å². The van der Waals surface area contributed by atoms with Crippen LogP contribution in [0.3, 0.4) is 0 Å². The molecule has 2 heterocycles. The minimum absolute atomic E-state index is 0.269. The smallest absolute Gasteiger partial charge is 0.323 e. The third kappa shape index (κ3) is 10.5. The lowest BCUT2D eigenvalue weighted by atomic mass is 10.2. The molecule has 0 saturated carbocycles. The van der Waals surface area contributed by atoms with Crippen LogP contribution in [-0.4, -0.2) is 78.2 Å². The van der Waals surface area contributed by atoms with Crippen molar-refractivity contribution in [1.29, 1.82) is 0 Å². The van der Waals surface area contributed by atoms with E-state index in [1.54, 1.807) is 0 Å². The van der Waals surface area contributed by atoms with Crippen LogP contribution in [0.2, 0.25) is 0 Å². The average Bonchev–Trinajstić information content (AvgIpc) is 3.04. The van der Waals surface area contributed by atoms with Gasteiger partial charge in [-0.05, 0) is 26.3 Å². The summed E-state index contributed by atoms with van der Waals surface area (Å²) in [5.41, 5.74) is 4.91. The number of carboxylic acids is 2. The number of aliphatic carboxylic acids is 2. The van der Waals surface area contributed by atoms with Crippen LogP contribution in [0.25, 0.3) is 0 Å². The normalized spacial score (nSPS) is 23.1. The summed E-state index contributed by atoms with van der Waals surface area (Å²) in [5, 5.41) is 34.2. The van der Waals surface area contributed by atoms with Crippen LogP contribution in [0.5, 0.6) is 0 Å². The van der Waals surface area contributed by atoms with E-state index in [9.17, 15) is 9.59 Å². The van der Waals surface area contributed by atoms with Crippen molar-refractivity contribution in [3.63, 3.8) is 0 Å². The van der Waals surface area contributed by atoms with E-state index in [4.69, 9.17) is 21.1 Å².